The van der Waals surface area contributed by atoms with E-state index >= 15 is 0 Å². The Balaban J connectivity index is 1.96. The van der Waals surface area contributed by atoms with Crippen LogP contribution in [0.4, 0.5) is 0 Å². The monoisotopic (exact) mass is 322 g/mol. The van der Waals surface area contributed by atoms with Gasteiger partial charge in [0.05, 0.1) is 18.7 Å². The normalized spacial score (nSPS) is 11.6. The molecular formula is C15H22N4O2S. The molecule has 2 aromatic rings. The van der Waals surface area contributed by atoms with Gasteiger partial charge in [-0.25, -0.2) is 4.98 Å². The van der Waals surface area contributed by atoms with Crippen molar-refractivity contribution >= 4 is 28.1 Å². The molecule has 0 saturated carbocycles. The lowest BCUT2D eigenvalue weighted by Gasteiger charge is -2.25. The van der Waals surface area contributed by atoms with Crippen LogP contribution in [-0.2, 0) is 16.0 Å². The van der Waals surface area contributed by atoms with E-state index in [-0.39, 0.29) is 30.3 Å². The molecule has 0 aliphatic carbocycles. The second kappa shape index (κ2) is 6.48. The predicted octanol–water partition coefficient (Wildman–Crippen LogP) is 1.70. The van der Waals surface area contributed by atoms with Gasteiger partial charge in [-0.3, -0.25) is 14.0 Å². The Morgan fingerprint density at radius 1 is 1.41 bits per heavy atom. The molecule has 0 aliphatic rings. The van der Waals surface area contributed by atoms with Gasteiger partial charge < -0.3 is 10.2 Å². The summed E-state index contributed by atoms with van der Waals surface area (Å²) in [5, 5.41) is 4.82. The predicted molar refractivity (Wildman–Crippen MR) is 86.9 cm³/mol. The molecule has 7 heteroatoms. The Kier molecular flexibility index (Phi) is 4.85. The number of carbonyl (C=O) groups excluding carboxylic acids is 2. The summed E-state index contributed by atoms with van der Waals surface area (Å²) in [6.07, 6.45) is 3.98. The van der Waals surface area contributed by atoms with Crippen molar-refractivity contribution < 1.29 is 9.59 Å². The first kappa shape index (κ1) is 16.5. The molecule has 0 atom stereocenters. The van der Waals surface area contributed by atoms with Gasteiger partial charge in [0.25, 0.3) is 0 Å². The molecule has 2 amide bonds. The Bertz CT molecular complexity index is 640. The molecule has 2 heterocycles. The second-order valence-corrected chi connectivity index (χ2v) is 7.08. The van der Waals surface area contributed by atoms with Gasteiger partial charge in [-0.05, 0) is 27.7 Å². The van der Waals surface area contributed by atoms with E-state index in [1.165, 1.54) is 11.3 Å². The summed E-state index contributed by atoms with van der Waals surface area (Å²) >= 11 is 1.53. The molecule has 2 rings (SSSR count). The van der Waals surface area contributed by atoms with Gasteiger partial charge in [0.1, 0.15) is 0 Å². The van der Waals surface area contributed by atoms with Gasteiger partial charge in [0.2, 0.25) is 11.8 Å². The summed E-state index contributed by atoms with van der Waals surface area (Å²) < 4.78 is 1.90. The third-order valence-corrected chi connectivity index (χ3v) is 3.83. The zero-order valence-electron chi connectivity index (χ0n) is 13.4. The van der Waals surface area contributed by atoms with Crippen LogP contribution < -0.4 is 5.32 Å². The van der Waals surface area contributed by atoms with Crippen molar-refractivity contribution in [3.05, 3.63) is 23.5 Å². The van der Waals surface area contributed by atoms with Gasteiger partial charge in [0, 0.05) is 29.9 Å². The Morgan fingerprint density at radius 3 is 2.73 bits per heavy atom. The number of nitrogens with zero attached hydrogens (tertiary/aromatic N) is 3. The fraction of sp³-hybridized carbons (Fsp3) is 0.533. The Morgan fingerprint density at radius 2 is 2.14 bits per heavy atom. The highest BCUT2D eigenvalue weighted by molar-refractivity contribution is 7.15. The number of nitrogens with one attached hydrogen (secondary N) is 1. The first-order valence-electron chi connectivity index (χ1n) is 7.28. The van der Waals surface area contributed by atoms with Crippen LogP contribution in [0.25, 0.3) is 4.96 Å². The van der Waals surface area contributed by atoms with Gasteiger partial charge >= 0.3 is 0 Å². The summed E-state index contributed by atoms with van der Waals surface area (Å²) in [6, 6.07) is 0. The average molecular weight is 322 g/mol. The van der Waals surface area contributed by atoms with Gasteiger partial charge in [-0.1, -0.05) is 0 Å². The summed E-state index contributed by atoms with van der Waals surface area (Å²) in [7, 11) is 0. The third kappa shape index (κ3) is 4.30. The summed E-state index contributed by atoms with van der Waals surface area (Å²) in [4.78, 5) is 31.1. The molecule has 120 valence electrons. The van der Waals surface area contributed by atoms with Crippen LogP contribution in [0.3, 0.4) is 0 Å². The average Bonchev–Trinajstić information content (AvgIpc) is 2.94. The highest BCUT2D eigenvalue weighted by Gasteiger charge is 2.20. The maximum atomic E-state index is 12.3. The molecule has 22 heavy (non-hydrogen) atoms. The van der Waals surface area contributed by atoms with Crippen LogP contribution in [0.2, 0.25) is 0 Å². The largest absolute Gasteiger partial charge is 0.350 e. The highest BCUT2D eigenvalue weighted by atomic mass is 32.1. The summed E-state index contributed by atoms with van der Waals surface area (Å²) in [6.45, 7) is 8.20. The van der Waals surface area contributed by atoms with E-state index in [9.17, 15) is 9.59 Å². The lowest BCUT2D eigenvalue weighted by Crippen LogP contribution is -2.47. The molecule has 0 aromatic carbocycles. The van der Waals surface area contributed by atoms with E-state index in [1.54, 1.807) is 4.90 Å². The Hall–Kier alpha value is -1.89. The molecule has 0 fully saturated rings. The van der Waals surface area contributed by atoms with E-state index in [4.69, 9.17) is 0 Å². The van der Waals surface area contributed by atoms with Gasteiger partial charge in [-0.15, -0.1) is 11.3 Å². The number of aromatic nitrogens is 2. The van der Waals surface area contributed by atoms with E-state index in [2.05, 4.69) is 10.3 Å². The third-order valence-electron chi connectivity index (χ3n) is 3.06. The van der Waals surface area contributed by atoms with Crippen LogP contribution in [0.1, 0.15) is 33.4 Å². The molecule has 0 saturated heterocycles. The Labute approximate surface area is 134 Å². The lowest BCUT2D eigenvalue weighted by atomic mass is 10.1. The van der Waals surface area contributed by atoms with Crippen LogP contribution in [0.5, 0.6) is 0 Å². The number of rotatable bonds is 5. The first-order valence-corrected chi connectivity index (χ1v) is 8.16. The van der Waals surface area contributed by atoms with Crippen molar-refractivity contribution in [1.29, 1.82) is 0 Å². The van der Waals surface area contributed by atoms with Crippen LogP contribution in [0.15, 0.2) is 17.8 Å². The maximum absolute atomic E-state index is 12.3. The molecule has 6 nitrogen and oxygen atoms in total. The number of thiazole rings is 1. The number of fused-ring (bicyclic) bond motifs is 1. The van der Waals surface area contributed by atoms with E-state index in [0.717, 1.165) is 10.7 Å². The van der Waals surface area contributed by atoms with Crippen molar-refractivity contribution in [3.8, 4) is 0 Å². The van der Waals surface area contributed by atoms with Gasteiger partial charge in [-0.2, -0.15) is 0 Å². The molecule has 0 radical (unpaired) electrons. The van der Waals surface area contributed by atoms with E-state index in [0.29, 0.717) is 6.54 Å². The number of carbonyl (C=O) groups is 2. The topological polar surface area (TPSA) is 66.7 Å². The number of amides is 2. The molecule has 0 spiro atoms. The minimum atomic E-state index is -0.298. The number of hydrogen-bond acceptors (Lipinski definition) is 4. The van der Waals surface area contributed by atoms with Crippen molar-refractivity contribution in [2.75, 3.05) is 13.1 Å². The van der Waals surface area contributed by atoms with Gasteiger partial charge in [0.15, 0.2) is 4.96 Å². The van der Waals surface area contributed by atoms with Crippen molar-refractivity contribution in [2.45, 2.75) is 39.7 Å². The van der Waals surface area contributed by atoms with E-state index < -0.39 is 0 Å². The summed E-state index contributed by atoms with van der Waals surface area (Å²) in [5.74, 6) is -0.231. The van der Waals surface area contributed by atoms with Crippen LogP contribution in [0, 0.1) is 0 Å². The van der Waals surface area contributed by atoms with Crippen molar-refractivity contribution in [1.82, 2.24) is 19.6 Å². The molecule has 0 unspecified atom stereocenters. The van der Waals surface area contributed by atoms with Crippen molar-refractivity contribution in [2.24, 2.45) is 0 Å². The standard InChI is InChI=1S/C15H22N4O2S/c1-5-18(10-12(20)17-15(2,3)4)13(21)8-11-9-19-6-7-22-14(19)16-11/h6-7,9H,5,8,10H2,1-4H3,(H,17,20). The highest BCUT2D eigenvalue weighted by Crippen LogP contribution is 2.12. The molecule has 1 N–H and O–H groups in total. The lowest BCUT2D eigenvalue weighted by molar-refractivity contribution is -0.135. The minimum Gasteiger partial charge on any atom is -0.350 e. The molecule has 0 bridgehead atoms. The molecule has 2 aromatic heterocycles. The van der Waals surface area contributed by atoms with Crippen molar-refractivity contribution in [3.63, 3.8) is 0 Å². The number of imidazole rings is 1. The SMILES string of the molecule is CCN(CC(=O)NC(C)(C)C)C(=O)Cc1cn2ccsc2n1. The van der Waals surface area contributed by atoms with E-state index in [1.807, 2.05) is 49.9 Å². The summed E-state index contributed by atoms with van der Waals surface area (Å²) in [5.41, 5.74) is 0.430. The number of hydrogen-bond donors (Lipinski definition) is 1. The first-order chi connectivity index (χ1) is 10.3. The molecular weight excluding hydrogens is 300 g/mol. The zero-order chi connectivity index (χ0) is 16.3. The fourth-order valence-corrected chi connectivity index (χ4v) is 2.85. The molecule has 0 aliphatic heterocycles. The smallest absolute Gasteiger partial charge is 0.240 e. The minimum absolute atomic E-state index is 0.0782. The fourth-order valence-electron chi connectivity index (χ4n) is 2.14. The zero-order valence-corrected chi connectivity index (χ0v) is 14.2. The van der Waals surface area contributed by atoms with Crippen LogP contribution >= 0.6 is 11.3 Å². The van der Waals surface area contributed by atoms with Crippen LogP contribution in [-0.4, -0.2) is 44.7 Å². The number of likely N-dealkylation sites (N-methyl/N-ethyl adjacent to an activating group) is 1. The maximum Gasteiger partial charge on any atom is 0.240 e. The second-order valence-electron chi connectivity index (χ2n) is 6.21. The quantitative estimate of drug-likeness (QED) is 0.911.